The van der Waals surface area contributed by atoms with E-state index >= 15 is 0 Å². The zero-order valence-corrected chi connectivity index (χ0v) is 17.7. The third-order valence-corrected chi connectivity index (χ3v) is 5.44. The van der Waals surface area contributed by atoms with Gasteiger partial charge < -0.3 is 15.0 Å². The van der Waals surface area contributed by atoms with E-state index in [1.54, 1.807) is 24.2 Å². The number of nitrogens with one attached hydrogen (secondary N) is 1. The number of hydrogen-bond acceptors (Lipinski definition) is 4. The number of ether oxygens (including phenoxy) is 1. The van der Waals surface area contributed by atoms with Crippen molar-refractivity contribution in [3.8, 4) is 16.9 Å². The lowest BCUT2D eigenvalue weighted by molar-refractivity contribution is -0.147. The Balaban J connectivity index is 1.51. The molecule has 1 saturated heterocycles. The summed E-state index contributed by atoms with van der Waals surface area (Å²) in [7, 11) is 0. The Kier molecular flexibility index (Phi) is 6.44. The van der Waals surface area contributed by atoms with E-state index in [0.29, 0.717) is 25.3 Å². The Morgan fingerprint density at radius 2 is 1.97 bits per heavy atom. The maximum absolute atomic E-state index is 13.1. The van der Waals surface area contributed by atoms with Crippen molar-refractivity contribution in [3.63, 3.8) is 0 Å². The van der Waals surface area contributed by atoms with Crippen molar-refractivity contribution in [1.29, 1.82) is 0 Å². The molecule has 0 unspecified atom stereocenters. The Bertz CT molecular complexity index is 1090. The number of pyridine rings is 1. The molecular formula is C25H24FN3O3. The second-order valence-corrected chi connectivity index (χ2v) is 7.70. The topological polar surface area (TPSA) is 71.5 Å². The highest BCUT2D eigenvalue weighted by Crippen LogP contribution is 2.22. The molecule has 2 amide bonds. The van der Waals surface area contributed by atoms with Crippen LogP contribution < -0.4 is 10.1 Å². The largest absolute Gasteiger partial charge is 0.481 e. The molecule has 2 aromatic carbocycles. The first-order chi connectivity index (χ1) is 15.5. The molecule has 0 saturated carbocycles. The summed E-state index contributed by atoms with van der Waals surface area (Å²) in [6.45, 7) is 2.42. The molecule has 2 atom stereocenters. The predicted octanol–water partition coefficient (Wildman–Crippen LogP) is 3.22. The molecular weight excluding hydrogens is 409 g/mol. The van der Waals surface area contributed by atoms with Crippen LogP contribution in [0.4, 0.5) is 4.39 Å². The zero-order chi connectivity index (χ0) is 22.5. The predicted molar refractivity (Wildman–Crippen MR) is 118 cm³/mol. The number of halogens is 1. The van der Waals surface area contributed by atoms with Crippen LogP contribution in [0.5, 0.6) is 5.75 Å². The van der Waals surface area contributed by atoms with Crippen LogP contribution in [0.25, 0.3) is 11.1 Å². The maximum atomic E-state index is 13.1. The molecule has 32 heavy (non-hydrogen) atoms. The monoisotopic (exact) mass is 433 g/mol. The molecule has 164 valence electrons. The molecule has 1 aliphatic heterocycles. The summed E-state index contributed by atoms with van der Waals surface area (Å²) in [5, 5.41) is 2.85. The van der Waals surface area contributed by atoms with Crippen molar-refractivity contribution < 1.29 is 18.7 Å². The minimum atomic E-state index is -0.810. The van der Waals surface area contributed by atoms with E-state index in [1.165, 1.54) is 24.3 Å². The Morgan fingerprint density at radius 3 is 2.72 bits per heavy atom. The molecule has 1 N–H and O–H groups in total. The second kappa shape index (κ2) is 9.60. The number of carbonyl (C=O) groups is 2. The summed E-state index contributed by atoms with van der Waals surface area (Å²) >= 11 is 0. The maximum Gasteiger partial charge on any atom is 0.264 e. The van der Waals surface area contributed by atoms with E-state index < -0.39 is 12.1 Å². The van der Waals surface area contributed by atoms with Gasteiger partial charge in [0.1, 0.15) is 17.6 Å². The third-order valence-electron chi connectivity index (χ3n) is 5.44. The lowest BCUT2D eigenvalue weighted by atomic mass is 9.98. The second-order valence-electron chi connectivity index (χ2n) is 7.70. The van der Waals surface area contributed by atoms with Crippen LogP contribution in [-0.2, 0) is 16.0 Å². The summed E-state index contributed by atoms with van der Waals surface area (Å²) in [6, 6.07) is 16.6. The van der Waals surface area contributed by atoms with Gasteiger partial charge in [-0.1, -0.05) is 30.3 Å². The van der Waals surface area contributed by atoms with Gasteiger partial charge in [0.2, 0.25) is 5.91 Å². The molecule has 7 heteroatoms. The lowest BCUT2D eigenvalue weighted by Crippen LogP contribution is -2.60. The highest BCUT2D eigenvalue weighted by molar-refractivity contribution is 5.90. The van der Waals surface area contributed by atoms with E-state index in [2.05, 4.69) is 10.3 Å². The number of nitrogens with zero attached hydrogens (tertiary/aromatic N) is 2. The first-order valence-electron chi connectivity index (χ1n) is 10.5. The van der Waals surface area contributed by atoms with Crippen LogP contribution in [0, 0.1) is 5.82 Å². The van der Waals surface area contributed by atoms with Gasteiger partial charge in [0.25, 0.3) is 5.91 Å². The minimum absolute atomic E-state index is 0.189. The smallest absolute Gasteiger partial charge is 0.264 e. The Morgan fingerprint density at radius 1 is 1.19 bits per heavy atom. The normalized spacial score (nSPS) is 16.9. The molecule has 0 aliphatic carbocycles. The highest BCUT2D eigenvalue weighted by atomic mass is 19.1. The van der Waals surface area contributed by atoms with Gasteiger partial charge in [-0.2, -0.15) is 0 Å². The van der Waals surface area contributed by atoms with Crippen LogP contribution >= 0.6 is 0 Å². The van der Waals surface area contributed by atoms with Crippen molar-refractivity contribution in [3.05, 3.63) is 84.4 Å². The summed E-state index contributed by atoms with van der Waals surface area (Å²) in [4.78, 5) is 31.6. The van der Waals surface area contributed by atoms with Crippen LogP contribution in [0.1, 0.15) is 12.5 Å². The fraction of sp³-hybridized carbons (Fsp3) is 0.240. The third kappa shape index (κ3) is 4.94. The quantitative estimate of drug-likeness (QED) is 0.648. The molecule has 1 fully saturated rings. The van der Waals surface area contributed by atoms with Gasteiger partial charge in [0.15, 0.2) is 6.10 Å². The van der Waals surface area contributed by atoms with Gasteiger partial charge in [0, 0.05) is 31.9 Å². The summed E-state index contributed by atoms with van der Waals surface area (Å²) < 4.78 is 18.8. The molecule has 2 heterocycles. The van der Waals surface area contributed by atoms with Gasteiger partial charge in [-0.3, -0.25) is 14.6 Å². The number of hydrogen-bond donors (Lipinski definition) is 1. The number of rotatable bonds is 6. The number of aromatic nitrogens is 1. The van der Waals surface area contributed by atoms with Crippen molar-refractivity contribution in [2.75, 3.05) is 13.1 Å². The van der Waals surface area contributed by atoms with Crippen LogP contribution in [-0.4, -0.2) is 46.9 Å². The molecule has 0 spiro atoms. The van der Waals surface area contributed by atoms with Gasteiger partial charge >= 0.3 is 0 Å². The number of piperazine rings is 1. The van der Waals surface area contributed by atoms with Crippen LogP contribution in [0.15, 0.2) is 73.1 Å². The van der Waals surface area contributed by atoms with Crippen molar-refractivity contribution in [1.82, 2.24) is 15.2 Å². The number of benzene rings is 2. The SMILES string of the molecule is C[C@H](Oc1ccc(F)cc1)C(=O)N1CCNC(=O)[C@H]1Cc1cccc(-c2cccnc2)c1. The summed E-state index contributed by atoms with van der Waals surface area (Å²) in [5.74, 6) is -0.449. The van der Waals surface area contributed by atoms with Crippen molar-refractivity contribution in [2.45, 2.75) is 25.5 Å². The van der Waals surface area contributed by atoms with Gasteiger partial charge in [-0.25, -0.2) is 4.39 Å². The van der Waals surface area contributed by atoms with E-state index in [0.717, 1.165) is 16.7 Å². The first kappa shape index (κ1) is 21.5. The minimum Gasteiger partial charge on any atom is -0.481 e. The summed E-state index contributed by atoms with van der Waals surface area (Å²) in [5.41, 5.74) is 2.92. The van der Waals surface area contributed by atoms with Crippen molar-refractivity contribution in [2.24, 2.45) is 0 Å². The summed E-state index contributed by atoms with van der Waals surface area (Å²) in [6.07, 6.45) is 3.08. The number of carbonyl (C=O) groups excluding carboxylic acids is 2. The fourth-order valence-electron chi connectivity index (χ4n) is 3.82. The first-order valence-corrected chi connectivity index (χ1v) is 10.5. The molecule has 1 aliphatic rings. The molecule has 6 nitrogen and oxygen atoms in total. The van der Waals surface area contributed by atoms with Gasteiger partial charge in [-0.15, -0.1) is 0 Å². The zero-order valence-electron chi connectivity index (χ0n) is 17.7. The molecule has 0 radical (unpaired) electrons. The van der Waals surface area contributed by atoms with Gasteiger partial charge in [0.05, 0.1) is 0 Å². The lowest BCUT2D eigenvalue weighted by Gasteiger charge is -2.36. The molecule has 3 aromatic rings. The molecule has 0 bridgehead atoms. The average molecular weight is 433 g/mol. The van der Waals surface area contributed by atoms with E-state index in [4.69, 9.17) is 4.74 Å². The van der Waals surface area contributed by atoms with E-state index in [-0.39, 0.29) is 17.6 Å². The van der Waals surface area contributed by atoms with E-state index in [9.17, 15) is 14.0 Å². The van der Waals surface area contributed by atoms with Gasteiger partial charge in [-0.05, 0) is 53.9 Å². The fourth-order valence-corrected chi connectivity index (χ4v) is 3.82. The van der Waals surface area contributed by atoms with Crippen LogP contribution in [0.2, 0.25) is 0 Å². The standard InChI is InChI=1S/C25H24FN3O3/c1-17(32-22-9-7-21(26)8-10-22)25(31)29-13-12-28-24(30)23(29)15-18-4-2-5-19(14-18)20-6-3-11-27-16-20/h2-11,14,16-17,23H,12-13,15H2,1H3,(H,28,30)/t17-,23+/m0/s1. The average Bonchev–Trinajstić information content (AvgIpc) is 2.82. The van der Waals surface area contributed by atoms with Crippen LogP contribution in [0.3, 0.4) is 0 Å². The van der Waals surface area contributed by atoms with E-state index in [1.807, 2.05) is 36.4 Å². The Labute approximate surface area is 186 Å². The highest BCUT2D eigenvalue weighted by Gasteiger charge is 2.35. The Hall–Kier alpha value is -3.74. The number of amides is 2. The molecule has 4 rings (SSSR count). The van der Waals surface area contributed by atoms with Crippen molar-refractivity contribution >= 4 is 11.8 Å². The molecule has 1 aromatic heterocycles.